The number of unbranched alkanes of at least 4 members (excludes halogenated alkanes) is 1. The van der Waals surface area contributed by atoms with Crippen molar-refractivity contribution in [2.75, 3.05) is 20.8 Å². The molecule has 0 unspecified atom stereocenters. The van der Waals surface area contributed by atoms with Gasteiger partial charge in [0.15, 0.2) is 11.5 Å². The molecule has 24 heavy (non-hydrogen) atoms. The fourth-order valence-corrected chi connectivity index (χ4v) is 2.40. The first-order valence-electron chi connectivity index (χ1n) is 8.26. The summed E-state index contributed by atoms with van der Waals surface area (Å²) in [4.78, 5) is 14.3. The minimum Gasteiger partial charge on any atom is -0.493 e. The van der Waals surface area contributed by atoms with Crippen molar-refractivity contribution >= 4 is 5.91 Å². The molecule has 128 valence electrons. The van der Waals surface area contributed by atoms with E-state index < -0.39 is 0 Å². The van der Waals surface area contributed by atoms with Gasteiger partial charge in [-0.3, -0.25) is 4.79 Å². The van der Waals surface area contributed by atoms with Gasteiger partial charge in [-0.1, -0.05) is 43.7 Å². The number of ether oxygens (including phenoxy) is 2. The van der Waals surface area contributed by atoms with E-state index in [1.807, 2.05) is 30.3 Å². The Morgan fingerprint density at radius 3 is 2.50 bits per heavy atom. The molecule has 0 radical (unpaired) electrons. The van der Waals surface area contributed by atoms with E-state index >= 15 is 0 Å². The average Bonchev–Trinajstić information content (AvgIpc) is 2.62. The maximum absolute atomic E-state index is 12.6. The van der Waals surface area contributed by atoms with Crippen molar-refractivity contribution in [3.63, 3.8) is 0 Å². The van der Waals surface area contributed by atoms with Crippen LogP contribution in [0.5, 0.6) is 11.5 Å². The molecule has 0 aromatic heterocycles. The topological polar surface area (TPSA) is 38.8 Å². The Morgan fingerprint density at radius 1 is 1.08 bits per heavy atom. The SMILES string of the molecule is CCCCOc1ccc(C(=O)N(C)Cc2ccccc2)cc1OC. The number of carbonyl (C=O) groups is 1. The first kappa shape index (κ1) is 17.9. The molecule has 0 saturated carbocycles. The Bertz CT molecular complexity index is 655. The van der Waals surface area contributed by atoms with E-state index in [4.69, 9.17) is 9.47 Å². The summed E-state index contributed by atoms with van der Waals surface area (Å²) in [5, 5.41) is 0. The highest BCUT2D eigenvalue weighted by molar-refractivity contribution is 5.94. The average molecular weight is 327 g/mol. The maximum Gasteiger partial charge on any atom is 0.254 e. The van der Waals surface area contributed by atoms with E-state index in [1.165, 1.54) is 0 Å². The summed E-state index contributed by atoms with van der Waals surface area (Å²) in [6, 6.07) is 15.3. The standard InChI is InChI=1S/C20H25NO3/c1-4-5-13-24-18-12-11-17(14-19(18)23-3)20(22)21(2)15-16-9-7-6-8-10-16/h6-12,14H,4-5,13,15H2,1-3H3. The van der Waals surface area contributed by atoms with Crippen LogP contribution in [0.2, 0.25) is 0 Å². The summed E-state index contributed by atoms with van der Waals surface area (Å²) < 4.78 is 11.1. The molecule has 0 N–H and O–H groups in total. The number of methoxy groups -OCH3 is 1. The molecule has 0 spiro atoms. The van der Waals surface area contributed by atoms with Gasteiger partial charge < -0.3 is 14.4 Å². The molecule has 0 aliphatic heterocycles. The van der Waals surface area contributed by atoms with Gasteiger partial charge in [0.05, 0.1) is 13.7 Å². The lowest BCUT2D eigenvalue weighted by atomic mass is 10.1. The Labute approximate surface area is 144 Å². The van der Waals surface area contributed by atoms with Gasteiger partial charge in [0, 0.05) is 19.2 Å². The van der Waals surface area contributed by atoms with E-state index in [2.05, 4.69) is 6.92 Å². The highest BCUT2D eigenvalue weighted by Crippen LogP contribution is 2.28. The van der Waals surface area contributed by atoms with Crippen LogP contribution in [-0.4, -0.2) is 31.6 Å². The highest BCUT2D eigenvalue weighted by Gasteiger charge is 2.15. The second kappa shape index (κ2) is 8.96. The molecular weight excluding hydrogens is 302 g/mol. The van der Waals surface area contributed by atoms with Crippen molar-refractivity contribution in [1.29, 1.82) is 0 Å². The van der Waals surface area contributed by atoms with Crippen LogP contribution in [0.3, 0.4) is 0 Å². The van der Waals surface area contributed by atoms with Crippen LogP contribution >= 0.6 is 0 Å². The third kappa shape index (κ3) is 4.75. The second-order valence-electron chi connectivity index (χ2n) is 5.71. The molecule has 2 rings (SSSR count). The Morgan fingerprint density at radius 2 is 1.83 bits per heavy atom. The van der Waals surface area contributed by atoms with Gasteiger partial charge >= 0.3 is 0 Å². The molecule has 0 atom stereocenters. The third-order valence-corrected chi connectivity index (χ3v) is 3.78. The lowest BCUT2D eigenvalue weighted by Crippen LogP contribution is -2.26. The van der Waals surface area contributed by atoms with E-state index in [0.29, 0.717) is 30.2 Å². The largest absolute Gasteiger partial charge is 0.493 e. The maximum atomic E-state index is 12.6. The molecular formula is C20H25NO3. The van der Waals surface area contributed by atoms with E-state index in [1.54, 1.807) is 37.3 Å². The molecule has 4 nitrogen and oxygen atoms in total. The zero-order valence-corrected chi connectivity index (χ0v) is 14.6. The number of hydrogen-bond acceptors (Lipinski definition) is 3. The van der Waals surface area contributed by atoms with Gasteiger partial charge in [0.2, 0.25) is 0 Å². The predicted octanol–water partition coefficient (Wildman–Crippen LogP) is 4.15. The Hall–Kier alpha value is -2.49. The van der Waals surface area contributed by atoms with Crippen LogP contribution in [0.1, 0.15) is 35.7 Å². The van der Waals surface area contributed by atoms with Crippen molar-refractivity contribution in [2.45, 2.75) is 26.3 Å². The zero-order valence-electron chi connectivity index (χ0n) is 14.6. The minimum absolute atomic E-state index is 0.0442. The van der Waals surface area contributed by atoms with Crippen molar-refractivity contribution in [1.82, 2.24) is 4.90 Å². The molecule has 0 bridgehead atoms. The first-order chi connectivity index (χ1) is 11.7. The van der Waals surface area contributed by atoms with Crippen LogP contribution in [0, 0.1) is 0 Å². The van der Waals surface area contributed by atoms with Gasteiger partial charge in [0.25, 0.3) is 5.91 Å². The summed E-state index contributed by atoms with van der Waals surface area (Å²) in [5.41, 5.74) is 1.69. The van der Waals surface area contributed by atoms with Gasteiger partial charge in [-0.25, -0.2) is 0 Å². The van der Waals surface area contributed by atoms with Crippen LogP contribution < -0.4 is 9.47 Å². The number of hydrogen-bond donors (Lipinski definition) is 0. The number of carbonyl (C=O) groups excluding carboxylic acids is 1. The second-order valence-corrected chi connectivity index (χ2v) is 5.71. The third-order valence-electron chi connectivity index (χ3n) is 3.78. The number of amides is 1. The van der Waals surface area contributed by atoms with Gasteiger partial charge in [-0.05, 0) is 30.2 Å². The molecule has 1 amide bonds. The molecule has 2 aromatic rings. The summed E-state index contributed by atoms with van der Waals surface area (Å²) in [7, 11) is 3.39. The van der Waals surface area contributed by atoms with E-state index in [0.717, 1.165) is 18.4 Å². The van der Waals surface area contributed by atoms with Gasteiger partial charge in [0.1, 0.15) is 0 Å². The van der Waals surface area contributed by atoms with Gasteiger partial charge in [-0.15, -0.1) is 0 Å². The number of benzene rings is 2. The molecule has 0 saturated heterocycles. The molecule has 0 aliphatic rings. The minimum atomic E-state index is -0.0442. The summed E-state index contributed by atoms with van der Waals surface area (Å²) in [6.45, 7) is 3.33. The van der Waals surface area contributed by atoms with Crippen LogP contribution in [0.15, 0.2) is 48.5 Å². The zero-order chi connectivity index (χ0) is 17.4. The van der Waals surface area contributed by atoms with Crippen LogP contribution in [0.25, 0.3) is 0 Å². The molecule has 2 aromatic carbocycles. The van der Waals surface area contributed by atoms with Gasteiger partial charge in [-0.2, -0.15) is 0 Å². The first-order valence-corrected chi connectivity index (χ1v) is 8.26. The molecule has 4 heteroatoms. The van der Waals surface area contributed by atoms with Crippen molar-refractivity contribution < 1.29 is 14.3 Å². The smallest absolute Gasteiger partial charge is 0.254 e. The van der Waals surface area contributed by atoms with Crippen LogP contribution in [0.4, 0.5) is 0 Å². The molecule has 0 heterocycles. The monoisotopic (exact) mass is 327 g/mol. The van der Waals surface area contributed by atoms with E-state index in [-0.39, 0.29) is 5.91 Å². The lowest BCUT2D eigenvalue weighted by Gasteiger charge is -2.18. The Balaban J connectivity index is 2.08. The summed E-state index contributed by atoms with van der Waals surface area (Å²) >= 11 is 0. The normalized spacial score (nSPS) is 10.3. The van der Waals surface area contributed by atoms with Crippen molar-refractivity contribution in [3.8, 4) is 11.5 Å². The predicted molar refractivity (Wildman–Crippen MR) is 95.6 cm³/mol. The number of nitrogens with zero attached hydrogens (tertiary/aromatic N) is 1. The van der Waals surface area contributed by atoms with Crippen molar-refractivity contribution in [3.05, 3.63) is 59.7 Å². The summed E-state index contributed by atoms with van der Waals surface area (Å²) in [6.07, 6.45) is 2.06. The van der Waals surface area contributed by atoms with E-state index in [9.17, 15) is 4.79 Å². The number of rotatable bonds is 8. The molecule has 0 fully saturated rings. The highest BCUT2D eigenvalue weighted by atomic mass is 16.5. The fraction of sp³-hybridized carbons (Fsp3) is 0.350. The molecule has 0 aliphatic carbocycles. The lowest BCUT2D eigenvalue weighted by molar-refractivity contribution is 0.0784. The Kier molecular flexibility index (Phi) is 6.67. The fourth-order valence-electron chi connectivity index (χ4n) is 2.40. The van der Waals surface area contributed by atoms with Crippen LogP contribution in [-0.2, 0) is 6.54 Å². The summed E-state index contributed by atoms with van der Waals surface area (Å²) in [5.74, 6) is 1.22. The van der Waals surface area contributed by atoms with Crippen molar-refractivity contribution in [2.24, 2.45) is 0 Å². The quantitative estimate of drug-likeness (QED) is 0.684.